The van der Waals surface area contributed by atoms with E-state index in [1.165, 1.54) is 10.1 Å². The van der Waals surface area contributed by atoms with Gasteiger partial charge in [0.05, 0.1) is 31.5 Å². The average molecular weight is 715 g/mol. The second kappa shape index (κ2) is 13.2. The van der Waals surface area contributed by atoms with Crippen LogP contribution in [0.15, 0.2) is 32.4 Å². The molecule has 1 aliphatic heterocycles. The van der Waals surface area contributed by atoms with Gasteiger partial charge >= 0.3 is 27.9 Å². The number of imide groups is 1. The van der Waals surface area contributed by atoms with Gasteiger partial charge in [-0.3, -0.25) is 23.9 Å². The van der Waals surface area contributed by atoms with Crippen molar-refractivity contribution in [3.05, 3.63) is 44.0 Å². The van der Waals surface area contributed by atoms with E-state index in [1.54, 1.807) is 0 Å². The number of carbonyl (C=O) groups is 4. The van der Waals surface area contributed by atoms with Crippen molar-refractivity contribution in [2.75, 3.05) is 18.9 Å². The molecule has 1 saturated heterocycles. The highest BCUT2D eigenvalue weighted by Gasteiger charge is 2.44. The summed E-state index contributed by atoms with van der Waals surface area (Å²) >= 11 is 0.913. The van der Waals surface area contributed by atoms with Crippen molar-refractivity contribution in [3.8, 4) is 17.3 Å². The fourth-order valence-electron chi connectivity index (χ4n) is 3.71. The van der Waals surface area contributed by atoms with Crippen LogP contribution in [0, 0.1) is 0 Å². The van der Waals surface area contributed by atoms with Gasteiger partial charge in [-0.25, -0.2) is 24.1 Å². The molecule has 258 valence electrons. The molecule has 0 aliphatic carbocycles. The highest BCUT2D eigenvalue weighted by atomic mass is 32.2. The van der Waals surface area contributed by atoms with Crippen LogP contribution in [0.2, 0.25) is 0 Å². The van der Waals surface area contributed by atoms with Gasteiger partial charge in [0.2, 0.25) is 11.0 Å². The standard InChI is InChI=1S/C23H26N10O13S2/c1-23(2,19(40)41)46-29-15(12-8-47-20(24)27-12)17(38)26-11-6-32(18(11)39)21(42)30-48(44,45)33-22(43)31(5-9(35)7-34)16(28-33)10-3-13(36)14(37)4-25-10/h3-4,8-9,11,34-35,37H,5-7H2,1-2H3,(H2,24,27)(H,25,36)(H,26,38)(H,30,42)(H,40,41)/t9?,11-/m0/s1. The van der Waals surface area contributed by atoms with E-state index < -0.39 is 99.9 Å². The van der Waals surface area contributed by atoms with Crippen LogP contribution < -0.4 is 26.9 Å². The van der Waals surface area contributed by atoms with Crippen LogP contribution in [0.3, 0.4) is 0 Å². The second-order valence-electron chi connectivity index (χ2n) is 10.3. The molecule has 3 aromatic heterocycles. The molecule has 1 aliphatic rings. The third-order valence-corrected chi connectivity index (χ3v) is 8.16. The molecule has 0 bridgehead atoms. The van der Waals surface area contributed by atoms with Crippen LogP contribution in [-0.4, -0.2) is 118 Å². The topological polar surface area (TPSA) is 344 Å². The maximum atomic E-state index is 13.0. The van der Waals surface area contributed by atoms with Crippen LogP contribution in [0.5, 0.6) is 5.75 Å². The molecule has 2 atom stereocenters. The molecule has 4 amide bonds. The zero-order chi connectivity index (χ0) is 35.7. The Morgan fingerprint density at radius 1 is 1.29 bits per heavy atom. The third-order valence-electron chi connectivity index (χ3n) is 6.36. The van der Waals surface area contributed by atoms with Crippen LogP contribution in [0.4, 0.5) is 9.93 Å². The number of nitrogens with zero attached hydrogens (tertiary/aromatic N) is 6. The SMILES string of the molecule is CC(C)(ON=C(C(=O)N[C@H]1CN(C(=O)NS(=O)(=O)n2nc(-c3cc(=O)c(O)c[nH]3)n(CC(O)CO)c2=O)C1=O)c1csc(N)n1)C(=O)O. The van der Waals surface area contributed by atoms with E-state index >= 15 is 0 Å². The lowest BCUT2D eigenvalue weighted by molar-refractivity contribution is -0.161. The molecule has 9 N–H and O–H groups in total. The highest BCUT2D eigenvalue weighted by Crippen LogP contribution is 2.18. The second-order valence-corrected chi connectivity index (χ2v) is 12.7. The lowest BCUT2D eigenvalue weighted by atomic mass is 10.1. The van der Waals surface area contributed by atoms with Gasteiger partial charge in [-0.05, 0) is 13.8 Å². The normalized spacial score (nSPS) is 15.8. The van der Waals surface area contributed by atoms with E-state index in [1.807, 2.05) is 0 Å². The number of nitrogens with one attached hydrogen (secondary N) is 3. The number of aliphatic hydroxyl groups excluding tert-OH is 2. The van der Waals surface area contributed by atoms with Crippen LogP contribution >= 0.6 is 11.3 Å². The fourth-order valence-corrected chi connectivity index (χ4v) is 5.16. The number of pyridine rings is 1. The molecular weight excluding hydrogens is 688 g/mol. The van der Waals surface area contributed by atoms with E-state index in [9.17, 15) is 57.6 Å². The molecule has 0 aromatic carbocycles. The lowest BCUT2D eigenvalue weighted by Gasteiger charge is -2.36. The summed E-state index contributed by atoms with van der Waals surface area (Å²) in [6, 6.07) is -2.20. The number of nitrogen functional groups attached to an aromatic ring is 1. The molecule has 25 heteroatoms. The molecule has 4 heterocycles. The van der Waals surface area contributed by atoms with E-state index in [-0.39, 0.29) is 20.6 Å². The number of rotatable bonds is 12. The number of aromatic nitrogens is 5. The predicted molar refractivity (Wildman–Crippen MR) is 160 cm³/mol. The summed E-state index contributed by atoms with van der Waals surface area (Å²) in [6.45, 7) is 0.137. The average Bonchev–Trinajstić information content (AvgIpc) is 3.58. The predicted octanol–water partition coefficient (Wildman–Crippen LogP) is -4.09. The van der Waals surface area contributed by atoms with Gasteiger partial charge in [-0.15, -0.1) is 16.4 Å². The van der Waals surface area contributed by atoms with Crippen LogP contribution in [0.1, 0.15) is 19.5 Å². The number of hydrogen-bond acceptors (Lipinski definition) is 17. The maximum absolute atomic E-state index is 13.0. The molecule has 1 fully saturated rings. The van der Waals surface area contributed by atoms with Crippen molar-refractivity contribution in [1.29, 1.82) is 0 Å². The van der Waals surface area contributed by atoms with Crippen LogP contribution in [0.25, 0.3) is 11.5 Å². The van der Waals surface area contributed by atoms with Crippen molar-refractivity contribution in [3.63, 3.8) is 0 Å². The summed E-state index contributed by atoms with van der Waals surface area (Å²) in [5, 5.41) is 48.6. The number of nitrogens with two attached hydrogens (primary N) is 1. The van der Waals surface area contributed by atoms with E-state index in [4.69, 9.17) is 10.6 Å². The molecule has 0 radical (unpaired) electrons. The zero-order valence-electron chi connectivity index (χ0n) is 24.5. The Balaban J connectivity index is 1.52. The van der Waals surface area contributed by atoms with Crippen LogP contribution in [-0.2, 0) is 36.0 Å². The number of urea groups is 1. The monoisotopic (exact) mass is 714 g/mol. The Morgan fingerprint density at radius 3 is 2.54 bits per heavy atom. The van der Waals surface area contributed by atoms with E-state index in [2.05, 4.69) is 25.5 Å². The Hall–Kier alpha value is -5.66. The van der Waals surface area contributed by atoms with E-state index in [0.717, 1.165) is 37.4 Å². The van der Waals surface area contributed by atoms with Crippen molar-refractivity contribution >= 4 is 56.2 Å². The number of β-lactam (4-membered cyclic amide) rings is 1. The van der Waals surface area contributed by atoms with Gasteiger partial charge in [0.1, 0.15) is 11.7 Å². The number of aromatic amines is 1. The Labute approximate surface area is 271 Å². The number of hydrogen-bond donors (Lipinski definition) is 8. The molecule has 23 nitrogen and oxygen atoms in total. The van der Waals surface area contributed by atoms with Gasteiger partial charge < -0.3 is 41.3 Å². The summed E-state index contributed by atoms with van der Waals surface area (Å²) < 4.78 is 27.9. The zero-order valence-corrected chi connectivity index (χ0v) is 26.2. The summed E-state index contributed by atoms with van der Waals surface area (Å²) in [7, 11) is -5.22. The number of carboxylic acids is 1. The lowest BCUT2D eigenvalue weighted by Crippen LogP contribution is -2.68. The fraction of sp³-hybridized carbons (Fsp3) is 0.348. The molecule has 0 spiro atoms. The number of amides is 4. The molecular formula is C23H26N10O13S2. The number of aliphatic hydroxyl groups is 2. The minimum atomic E-state index is -5.22. The number of H-pyrrole nitrogens is 1. The number of anilines is 1. The summed E-state index contributed by atoms with van der Waals surface area (Å²) in [4.78, 5) is 86.4. The quantitative estimate of drug-likeness (QED) is 0.0502. The summed E-state index contributed by atoms with van der Waals surface area (Å²) in [5.41, 5.74) is 0.324. The molecule has 3 aromatic rings. The number of aromatic hydroxyl groups is 1. The summed E-state index contributed by atoms with van der Waals surface area (Å²) in [5.74, 6) is -4.89. The van der Waals surface area contributed by atoms with Gasteiger partial charge in [-0.2, -0.15) is 8.42 Å². The van der Waals surface area contributed by atoms with Gasteiger partial charge in [0.25, 0.3) is 11.8 Å². The van der Waals surface area contributed by atoms with Gasteiger partial charge in [0.15, 0.2) is 22.4 Å². The van der Waals surface area contributed by atoms with Gasteiger partial charge in [-0.1, -0.05) is 9.24 Å². The minimum absolute atomic E-state index is 0.0174. The van der Waals surface area contributed by atoms with Crippen molar-refractivity contribution < 1.29 is 52.9 Å². The van der Waals surface area contributed by atoms with Crippen molar-refractivity contribution in [2.24, 2.45) is 5.16 Å². The number of carbonyl (C=O) groups excluding carboxylic acids is 3. The first kappa shape index (κ1) is 35.2. The minimum Gasteiger partial charge on any atom is -0.503 e. The van der Waals surface area contributed by atoms with Crippen molar-refractivity contribution in [1.82, 2.24) is 38.7 Å². The third kappa shape index (κ3) is 7.17. The Morgan fingerprint density at radius 2 is 1.98 bits per heavy atom. The first-order valence-corrected chi connectivity index (χ1v) is 15.5. The largest absolute Gasteiger partial charge is 0.503 e. The van der Waals surface area contributed by atoms with Crippen molar-refractivity contribution in [2.45, 2.75) is 38.1 Å². The highest BCUT2D eigenvalue weighted by molar-refractivity contribution is 7.88. The Bertz CT molecular complexity index is 2050. The number of thiazole rings is 1. The number of aliphatic carboxylic acids is 1. The number of likely N-dealkylation sites (tertiary alicyclic amines) is 1. The molecule has 4 rings (SSSR count). The Kier molecular flexibility index (Phi) is 9.69. The van der Waals surface area contributed by atoms with Gasteiger partial charge in [0, 0.05) is 17.6 Å². The number of carboxylic acid groups (broad SMARTS) is 1. The number of oxime groups is 1. The molecule has 0 saturated carbocycles. The summed E-state index contributed by atoms with van der Waals surface area (Å²) in [6.07, 6.45) is -0.778. The maximum Gasteiger partial charge on any atom is 0.362 e. The van der Waals surface area contributed by atoms with E-state index in [0.29, 0.717) is 9.47 Å². The molecule has 1 unspecified atom stereocenters. The first-order valence-electron chi connectivity index (χ1n) is 13.2. The molecule has 48 heavy (non-hydrogen) atoms. The smallest absolute Gasteiger partial charge is 0.362 e. The first-order chi connectivity index (χ1) is 22.4.